The molecular formula is C49H56N14O13S2Si3. The van der Waals surface area contributed by atoms with Gasteiger partial charge in [0.2, 0.25) is 0 Å². The molecule has 81 heavy (non-hydrogen) atoms. The fraction of sp³-hybridized carbons (Fsp3) is 0.286. The van der Waals surface area contributed by atoms with Crippen LogP contribution in [-0.2, 0) is 51.8 Å². The summed E-state index contributed by atoms with van der Waals surface area (Å²) in [5.41, 5.74) is 4.18. The van der Waals surface area contributed by atoms with Gasteiger partial charge in [0.15, 0.2) is 0 Å². The maximum absolute atomic E-state index is 13.4. The monoisotopic (exact) mass is 1200 g/mol. The number of ether oxygens (including phenoxy) is 1. The van der Waals surface area contributed by atoms with Crippen LogP contribution in [-0.4, -0.2) is 142 Å². The number of urea groups is 1. The van der Waals surface area contributed by atoms with Gasteiger partial charge in [0.25, 0.3) is 0 Å². The van der Waals surface area contributed by atoms with E-state index in [1.807, 2.05) is 97.1 Å². The third-order valence-corrected chi connectivity index (χ3v) is 35.9. The molecule has 1 unspecified atom stereocenters. The number of aromatic nitrogens is 2. The van der Waals surface area contributed by atoms with E-state index in [-0.39, 0.29) is 19.5 Å². The van der Waals surface area contributed by atoms with Crippen molar-refractivity contribution in [2.75, 3.05) is 32.8 Å². The van der Waals surface area contributed by atoms with Gasteiger partial charge in [0.1, 0.15) is 0 Å². The Morgan fingerprint density at radius 3 is 1.59 bits per heavy atom. The van der Waals surface area contributed by atoms with Gasteiger partial charge < -0.3 is 5.21 Å². The van der Waals surface area contributed by atoms with E-state index in [1.165, 1.54) is 0 Å². The Bertz CT molecular complexity index is 4120. The van der Waals surface area contributed by atoms with Crippen LogP contribution in [0, 0.1) is 0 Å². The fourth-order valence-corrected chi connectivity index (χ4v) is 37.4. The molecular weight excluding hydrogens is 1140 g/mol. The number of aliphatic imine (C=N–C) groups is 2. The molecule has 9 N–H and O–H groups in total. The topological polar surface area (TPSA) is 351 Å². The number of amidine groups is 4. The number of fused-ring (bicyclic) bond motifs is 12. The number of rotatable bonds is 22. The molecule has 12 rings (SSSR count). The van der Waals surface area contributed by atoms with Crippen LogP contribution in [0.4, 0.5) is 16.4 Å². The summed E-state index contributed by atoms with van der Waals surface area (Å²) < 4.78 is 83.4. The van der Waals surface area contributed by atoms with Crippen molar-refractivity contribution in [2.24, 2.45) is 31.8 Å². The van der Waals surface area contributed by atoms with Crippen molar-refractivity contribution >= 4 is 119 Å². The van der Waals surface area contributed by atoms with E-state index in [0.29, 0.717) is 64.5 Å². The van der Waals surface area contributed by atoms with Crippen molar-refractivity contribution in [3.05, 3.63) is 130 Å². The SMILES string of the molecule is C[Si](C)(CCCNC(=O)COCC(=O)ON)O[Si-2]123(O[Si](C)(C)CCCNC(=O)NCC(S(=O)(=O)NO)S(=O)(=O)ON)n4c5c6ccccc6c4N=C4c6ccccc6C(=[N+]41)N=c1c4ccccc4c(n12)=NC1=[N+]3C(=N5)c2ccccc21. The third kappa shape index (κ3) is 7.52. The molecule has 0 saturated heterocycles. The predicted octanol–water partition coefficient (Wildman–Crippen LogP) is 1.25. The molecule has 8 heterocycles. The molecule has 0 aliphatic carbocycles. The van der Waals surface area contributed by atoms with Crippen molar-refractivity contribution in [1.29, 1.82) is 0 Å². The molecule has 2 aromatic heterocycles. The standard InChI is InChI=1S/C49H56N14O13S2Si3/c1-79(2,25-13-23-52-38(64)28-72-29-39(65)73-50)75-81(76-80(3,4)26-14-24-53-49(66)54-27-40(77(68,69)59-67)78(70,71)74-51)60-41-30-15-5-6-16-31(30)42(60)56-44-34-19-9-10-20-35(34)46(62(44)81)58-48-37-22-12-11-21-36(37)47(63(48)81)57-45-33-18-8-7-17-32(33)43(55-41)61(45)81/h5-12,15-22,40,59,67H,13-14,23-29,50-51H2,1-4H3,(H,52,64)(H2,53,54,66). The summed E-state index contributed by atoms with van der Waals surface area (Å²) in [5, 5.41) is 20.2. The number of benzene rings is 4. The van der Waals surface area contributed by atoms with E-state index in [0.717, 1.165) is 48.7 Å². The minimum absolute atomic E-state index is 0.00557. The van der Waals surface area contributed by atoms with Gasteiger partial charge in [-0.25, -0.2) is 0 Å². The third-order valence-electron chi connectivity index (χ3n) is 15.6. The summed E-state index contributed by atoms with van der Waals surface area (Å²) in [7, 11) is -24.1. The normalized spacial score (nSPS) is 18.3. The van der Waals surface area contributed by atoms with Gasteiger partial charge >= 0.3 is 449 Å². The molecule has 32 heteroatoms. The zero-order valence-electron chi connectivity index (χ0n) is 44.1. The molecule has 27 nitrogen and oxygen atoms in total. The van der Waals surface area contributed by atoms with Crippen molar-refractivity contribution in [1.82, 2.24) is 29.3 Å². The number of carbonyl (C=O) groups is 3. The molecule has 6 aliphatic rings. The number of hydrogen-bond acceptors (Lipinski definition) is 19. The van der Waals surface area contributed by atoms with Crippen LogP contribution in [0.25, 0.3) is 21.5 Å². The number of nitrogens with zero attached hydrogens (tertiary/aromatic N) is 8. The molecule has 1 atom stereocenters. The summed E-state index contributed by atoms with van der Waals surface area (Å²) in [6.45, 7) is 6.72. The molecule has 0 radical (unpaired) electrons. The Morgan fingerprint density at radius 1 is 0.642 bits per heavy atom. The summed E-state index contributed by atoms with van der Waals surface area (Å²) in [4.78, 5) is 66.1. The first-order chi connectivity index (χ1) is 38.6. The Balaban J connectivity index is 1.09. The number of nitrogens with two attached hydrogens (primary N) is 2. The summed E-state index contributed by atoms with van der Waals surface area (Å²) in [6, 6.07) is 31.8. The van der Waals surface area contributed by atoms with Gasteiger partial charge in [0, 0.05) is 0 Å². The van der Waals surface area contributed by atoms with Crippen LogP contribution in [0.15, 0.2) is 117 Å². The van der Waals surface area contributed by atoms with Crippen molar-refractivity contribution in [3.63, 3.8) is 0 Å². The minimum atomic E-state index is -7.14. The Morgan fingerprint density at radius 2 is 1.11 bits per heavy atom. The second-order valence-electron chi connectivity index (χ2n) is 21.5. The van der Waals surface area contributed by atoms with Crippen LogP contribution >= 0.6 is 0 Å². The van der Waals surface area contributed by atoms with Crippen LogP contribution < -0.4 is 43.6 Å². The molecule has 1 spiro atoms. The average molecular weight is 1200 g/mol. The van der Waals surface area contributed by atoms with Crippen molar-refractivity contribution in [2.45, 2.75) is 55.7 Å². The quantitative estimate of drug-likeness (QED) is 0.0286. The summed E-state index contributed by atoms with van der Waals surface area (Å²) in [6.07, 6.45) is 0.711. The Kier molecular flexibility index (Phi) is 12.5. The van der Waals surface area contributed by atoms with E-state index in [9.17, 15) is 36.4 Å². The molecule has 424 valence electrons. The number of hydrogen-bond donors (Lipinski definition) is 7. The van der Waals surface area contributed by atoms with Crippen LogP contribution in [0.5, 0.6) is 0 Å². The molecule has 6 aromatic rings. The number of nitrogens with one attached hydrogen (secondary N) is 4. The average Bonchev–Trinajstić information content (AvgIpc) is 2.04. The first-order valence-corrected chi connectivity index (χ1v) is 37.7. The van der Waals surface area contributed by atoms with E-state index < -0.39 is 86.8 Å². The summed E-state index contributed by atoms with van der Waals surface area (Å²) in [5.74, 6) is 11.7. The maximum atomic E-state index is 13.4. The zero-order valence-corrected chi connectivity index (χ0v) is 48.7. The predicted molar refractivity (Wildman–Crippen MR) is 300 cm³/mol. The van der Waals surface area contributed by atoms with Crippen molar-refractivity contribution < 1.29 is 67.0 Å². The fourth-order valence-electron chi connectivity index (χ4n) is 12.8. The van der Waals surface area contributed by atoms with Gasteiger partial charge in [-0.2, -0.15) is 11.8 Å². The van der Waals surface area contributed by atoms with Crippen LogP contribution in [0.3, 0.4) is 0 Å². The second-order valence-corrected chi connectivity index (χ2v) is 39.7. The first-order valence-electron chi connectivity index (χ1n) is 25.8. The first kappa shape index (κ1) is 54.3. The molecule has 6 aliphatic heterocycles. The van der Waals surface area contributed by atoms with Gasteiger partial charge in [-0.1, -0.05) is 0 Å². The zero-order chi connectivity index (χ0) is 57.1. The van der Waals surface area contributed by atoms with Gasteiger partial charge in [-0.15, -0.1) is 0 Å². The second kappa shape index (κ2) is 18.6. The van der Waals surface area contributed by atoms with Crippen LogP contribution in [0.1, 0.15) is 35.1 Å². The van der Waals surface area contributed by atoms with Crippen LogP contribution in [0.2, 0.25) is 38.3 Å². The van der Waals surface area contributed by atoms with E-state index in [1.54, 1.807) is 0 Å². The molecule has 0 saturated carbocycles. The molecule has 3 amide bonds. The number of carbonyl (C=O) groups excluding carboxylic acids is 3. The van der Waals surface area contributed by atoms with E-state index >= 15 is 0 Å². The molecule has 4 aromatic carbocycles. The Labute approximate surface area is 463 Å². The van der Waals surface area contributed by atoms with E-state index in [4.69, 9.17) is 44.7 Å². The Hall–Kier alpha value is -7.32. The van der Waals surface area contributed by atoms with Gasteiger partial charge in [-0.3, -0.25) is 0 Å². The molecule has 0 bridgehead atoms. The van der Waals surface area contributed by atoms with Crippen molar-refractivity contribution in [3.8, 4) is 0 Å². The number of sulfonamides is 1. The van der Waals surface area contributed by atoms with E-state index in [2.05, 4.69) is 68.2 Å². The number of amides is 3. The summed E-state index contributed by atoms with van der Waals surface area (Å²) >= 11 is 0. The van der Waals surface area contributed by atoms with Gasteiger partial charge in [0.05, 0.1) is 0 Å². The van der Waals surface area contributed by atoms with Gasteiger partial charge in [-0.05, 0) is 0 Å². The molecule has 0 fully saturated rings.